The summed E-state index contributed by atoms with van der Waals surface area (Å²) < 4.78 is 1.12. The van der Waals surface area contributed by atoms with E-state index in [4.69, 9.17) is 4.98 Å². The summed E-state index contributed by atoms with van der Waals surface area (Å²) in [5.41, 5.74) is 3.73. The molecule has 0 saturated heterocycles. The molecule has 0 unspecified atom stereocenters. The lowest BCUT2D eigenvalue weighted by Crippen LogP contribution is -2.11. The Labute approximate surface area is 127 Å². The van der Waals surface area contributed by atoms with Crippen LogP contribution in [-0.2, 0) is 13.0 Å². The van der Waals surface area contributed by atoms with Crippen LogP contribution in [0, 0.1) is 6.92 Å². The molecule has 1 N–H and O–H groups in total. The van der Waals surface area contributed by atoms with Crippen molar-refractivity contribution in [1.29, 1.82) is 0 Å². The van der Waals surface area contributed by atoms with Gasteiger partial charge in [0.15, 0.2) is 0 Å². The normalized spacial score (nSPS) is 10.9. The summed E-state index contributed by atoms with van der Waals surface area (Å²) in [6.07, 6.45) is 0.993. The van der Waals surface area contributed by atoms with E-state index in [1.165, 1.54) is 21.7 Å². The highest BCUT2D eigenvalue weighted by Gasteiger charge is 2.12. The van der Waals surface area contributed by atoms with Crippen LogP contribution in [-0.4, -0.2) is 11.5 Å². The highest BCUT2D eigenvalue weighted by Crippen LogP contribution is 2.32. The molecule has 19 heavy (non-hydrogen) atoms. The molecular formula is C15H19BrN2S. The molecule has 0 aliphatic heterocycles. The van der Waals surface area contributed by atoms with Gasteiger partial charge in [-0.1, -0.05) is 35.8 Å². The molecule has 0 amide bonds. The van der Waals surface area contributed by atoms with E-state index in [1.54, 1.807) is 0 Å². The third-order valence-corrected chi connectivity index (χ3v) is 4.69. The number of thiazole rings is 1. The number of halogens is 1. The fourth-order valence-electron chi connectivity index (χ4n) is 2.02. The Morgan fingerprint density at radius 3 is 2.74 bits per heavy atom. The van der Waals surface area contributed by atoms with Crippen LogP contribution in [0.25, 0.3) is 10.6 Å². The van der Waals surface area contributed by atoms with Crippen molar-refractivity contribution in [1.82, 2.24) is 10.3 Å². The number of hydrogen-bond acceptors (Lipinski definition) is 3. The number of aromatic nitrogens is 1. The molecule has 0 fully saturated rings. The highest BCUT2D eigenvalue weighted by atomic mass is 79.9. The minimum absolute atomic E-state index is 0.924. The number of aryl methyl sites for hydroxylation is 2. The number of nitrogens with zero attached hydrogens (tertiary/aromatic N) is 1. The van der Waals surface area contributed by atoms with Gasteiger partial charge in [0.2, 0.25) is 0 Å². The lowest BCUT2D eigenvalue weighted by atomic mass is 10.1. The summed E-state index contributed by atoms with van der Waals surface area (Å²) in [5, 5.41) is 4.52. The average molecular weight is 339 g/mol. The fourth-order valence-corrected chi connectivity index (χ4v) is 3.70. The lowest BCUT2D eigenvalue weighted by molar-refractivity contribution is 0.727. The van der Waals surface area contributed by atoms with Gasteiger partial charge >= 0.3 is 0 Å². The van der Waals surface area contributed by atoms with E-state index in [0.29, 0.717) is 0 Å². The topological polar surface area (TPSA) is 24.9 Å². The summed E-state index contributed by atoms with van der Waals surface area (Å²) in [4.78, 5) is 6.17. The SMILES string of the molecule is CCNCc1sc(-c2ccc(Br)cc2C)nc1CC. The average Bonchev–Trinajstić information content (AvgIpc) is 2.79. The molecule has 0 atom stereocenters. The van der Waals surface area contributed by atoms with Crippen molar-refractivity contribution in [3.8, 4) is 10.6 Å². The molecule has 1 aromatic carbocycles. The monoisotopic (exact) mass is 338 g/mol. The van der Waals surface area contributed by atoms with Crippen molar-refractivity contribution in [2.75, 3.05) is 6.54 Å². The van der Waals surface area contributed by atoms with E-state index in [2.05, 4.69) is 60.2 Å². The van der Waals surface area contributed by atoms with Crippen LogP contribution in [0.4, 0.5) is 0 Å². The van der Waals surface area contributed by atoms with E-state index in [-0.39, 0.29) is 0 Å². The number of benzene rings is 1. The quantitative estimate of drug-likeness (QED) is 0.864. The lowest BCUT2D eigenvalue weighted by Gasteiger charge is -2.02. The fraction of sp³-hybridized carbons (Fsp3) is 0.400. The second-order valence-electron chi connectivity index (χ2n) is 4.48. The van der Waals surface area contributed by atoms with Gasteiger partial charge in [0, 0.05) is 21.5 Å². The van der Waals surface area contributed by atoms with Crippen molar-refractivity contribution >= 4 is 27.3 Å². The van der Waals surface area contributed by atoms with Gasteiger partial charge < -0.3 is 5.32 Å². The Morgan fingerprint density at radius 1 is 1.32 bits per heavy atom. The minimum Gasteiger partial charge on any atom is -0.312 e. The standard InChI is InChI=1S/C15H19BrN2S/c1-4-13-14(9-17-5-2)19-15(18-13)12-7-6-11(16)8-10(12)3/h6-8,17H,4-5,9H2,1-3H3. The first-order chi connectivity index (χ1) is 9.15. The zero-order chi connectivity index (χ0) is 13.8. The van der Waals surface area contributed by atoms with E-state index in [0.717, 1.165) is 29.0 Å². The third kappa shape index (κ3) is 3.44. The van der Waals surface area contributed by atoms with Crippen molar-refractivity contribution in [3.05, 3.63) is 38.8 Å². The van der Waals surface area contributed by atoms with Crippen molar-refractivity contribution < 1.29 is 0 Å². The van der Waals surface area contributed by atoms with Crippen LogP contribution in [0.5, 0.6) is 0 Å². The predicted molar refractivity (Wildman–Crippen MR) is 86.7 cm³/mol. The molecule has 0 aliphatic rings. The first kappa shape index (κ1) is 14.7. The number of rotatable bonds is 5. The van der Waals surface area contributed by atoms with Gasteiger partial charge in [-0.25, -0.2) is 4.98 Å². The van der Waals surface area contributed by atoms with Gasteiger partial charge in [0.25, 0.3) is 0 Å². The smallest absolute Gasteiger partial charge is 0.124 e. The van der Waals surface area contributed by atoms with Crippen LogP contribution >= 0.6 is 27.3 Å². The Balaban J connectivity index is 2.36. The summed E-state index contributed by atoms with van der Waals surface area (Å²) >= 11 is 5.32. The van der Waals surface area contributed by atoms with Crippen molar-refractivity contribution in [3.63, 3.8) is 0 Å². The molecule has 0 aliphatic carbocycles. The number of hydrogen-bond donors (Lipinski definition) is 1. The predicted octanol–water partition coefficient (Wildman–Crippen LogP) is 4.55. The Bertz CT molecular complexity index is 563. The van der Waals surface area contributed by atoms with Gasteiger partial charge in [0.1, 0.15) is 5.01 Å². The molecular weight excluding hydrogens is 320 g/mol. The van der Waals surface area contributed by atoms with Crippen molar-refractivity contribution in [2.45, 2.75) is 33.7 Å². The summed E-state index contributed by atoms with van der Waals surface area (Å²) in [6.45, 7) is 8.35. The molecule has 102 valence electrons. The molecule has 0 bridgehead atoms. The largest absolute Gasteiger partial charge is 0.312 e. The summed E-state index contributed by atoms with van der Waals surface area (Å²) in [7, 11) is 0. The molecule has 2 aromatic rings. The summed E-state index contributed by atoms with van der Waals surface area (Å²) in [6, 6.07) is 6.38. The second kappa shape index (κ2) is 6.64. The molecule has 0 radical (unpaired) electrons. The van der Waals surface area contributed by atoms with Crippen LogP contribution in [0.1, 0.15) is 30.0 Å². The number of nitrogens with one attached hydrogen (secondary N) is 1. The Hall–Kier alpha value is -0.710. The maximum Gasteiger partial charge on any atom is 0.124 e. The van der Waals surface area contributed by atoms with Crippen LogP contribution < -0.4 is 5.32 Å². The molecule has 4 heteroatoms. The maximum absolute atomic E-state index is 4.81. The second-order valence-corrected chi connectivity index (χ2v) is 6.48. The van der Waals surface area contributed by atoms with Gasteiger partial charge in [-0.05, 0) is 37.6 Å². The van der Waals surface area contributed by atoms with Crippen LogP contribution in [0.2, 0.25) is 0 Å². The summed E-state index contributed by atoms with van der Waals surface area (Å²) in [5.74, 6) is 0. The highest BCUT2D eigenvalue weighted by molar-refractivity contribution is 9.10. The van der Waals surface area contributed by atoms with E-state index < -0.39 is 0 Å². The molecule has 0 spiro atoms. The van der Waals surface area contributed by atoms with Gasteiger partial charge in [-0.2, -0.15) is 0 Å². The third-order valence-electron chi connectivity index (χ3n) is 3.07. The van der Waals surface area contributed by atoms with Gasteiger partial charge in [-0.3, -0.25) is 0 Å². The van der Waals surface area contributed by atoms with E-state index >= 15 is 0 Å². The van der Waals surface area contributed by atoms with Crippen LogP contribution in [0.3, 0.4) is 0 Å². The Morgan fingerprint density at radius 2 is 2.11 bits per heavy atom. The maximum atomic E-state index is 4.81. The molecule has 2 nitrogen and oxygen atoms in total. The Kier molecular flexibility index (Phi) is 5.13. The molecule has 1 heterocycles. The zero-order valence-corrected chi connectivity index (χ0v) is 14.0. The van der Waals surface area contributed by atoms with E-state index in [1.807, 2.05) is 11.3 Å². The van der Waals surface area contributed by atoms with Gasteiger partial charge in [-0.15, -0.1) is 11.3 Å². The van der Waals surface area contributed by atoms with Gasteiger partial charge in [0.05, 0.1) is 5.69 Å². The van der Waals surface area contributed by atoms with Crippen LogP contribution in [0.15, 0.2) is 22.7 Å². The van der Waals surface area contributed by atoms with E-state index in [9.17, 15) is 0 Å². The first-order valence-electron chi connectivity index (χ1n) is 6.61. The van der Waals surface area contributed by atoms with Crippen molar-refractivity contribution in [2.24, 2.45) is 0 Å². The molecule has 1 aromatic heterocycles. The minimum atomic E-state index is 0.924. The zero-order valence-electron chi connectivity index (χ0n) is 11.6. The first-order valence-corrected chi connectivity index (χ1v) is 8.22. The molecule has 2 rings (SSSR count). The molecule has 0 saturated carbocycles.